The number of nitrogens with zero attached hydrogens (tertiary/aromatic N) is 2. The van der Waals surface area contributed by atoms with Gasteiger partial charge in [0, 0.05) is 26.4 Å². The van der Waals surface area contributed by atoms with Crippen molar-refractivity contribution in [2.45, 2.75) is 6.92 Å². The summed E-state index contributed by atoms with van der Waals surface area (Å²) in [6, 6.07) is 1.81. The Balaban J connectivity index is 3.10. The smallest absolute Gasteiger partial charge is 0.139 e. The summed E-state index contributed by atoms with van der Waals surface area (Å²) >= 11 is 0. The lowest BCUT2D eigenvalue weighted by Gasteiger charge is -2.25. The molecule has 0 bridgehead atoms. The Kier molecular flexibility index (Phi) is 5.54. The Morgan fingerprint density at radius 1 is 1.56 bits per heavy atom. The number of aliphatic hydroxyl groups excluding tert-OH is 1. The van der Waals surface area contributed by atoms with E-state index in [4.69, 9.17) is 21.0 Å². The molecule has 1 aromatic heterocycles. The van der Waals surface area contributed by atoms with Crippen LogP contribution in [0.15, 0.2) is 12.3 Å². The van der Waals surface area contributed by atoms with E-state index in [1.54, 1.807) is 13.3 Å². The molecule has 0 aliphatic carbocycles. The minimum Gasteiger partial charge on any atom is -0.395 e. The van der Waals surface area contributed by atoms with Crippen LogP contribution in [0.25, 0.3) is 0 Å². The van der Waals surface area contributed by atoms with Crippen molar-refractivity contribution >= 4 is 11.7 Å². The molecule has 1 aromatic rings. The molecule has 100 valence electrons. The number of hydrogen-bond donors (Lipinski definition) is 3. The summed E-state index contributed by atoms with van der Waals surface area (Å²) in [5.41, 5.74) is 7.11. The van der Waals surface area contributed by atoms with Gasteiger partial charge in [-0.2, -0.15) is 0 Å². The number of nitrogens with one attached hydrogen (secondary N) is 1. The summed E-state index contributed by atoms with van der Waals surface area (Å²) in [5.74, 6) is 0.601. The van der Waals surface area contributed by atoms with Crippen LogP contribution in [0.4, 0.5) is 5.82 Å². The van der Waals surface area contributed by atoms with Gasteiger partial charge in [-0.25, -0.2) is 4.98 Å². The number of methoxy groups -OCH3 is 1. The van der Waals surface area contributed by atoms with Gasteiger partial charge in [0.1, 0.15) is 11.7 Å². The topological polar surface area (TPSA) is 95.5 Å². The van der Waals surface area contributed by atoms with Gasteiger partial charge in [0.25, 0.3) is 0 Å². The first-order valence-electron chi connectivity index (χ1n) is 5.76. The van der Waals surface area contributed by atoms with Gasteiger partial charge in [0.2, 0.25) is 0 Å². The molecule has 0 aliphatic rings. The molecule has 4 N–H and O–H groups in total. The Morgan fingerprint density at radius 2 is 2.28 bits per heavy atom. The van der Waals surface area contributed by atoms with Crippen LogP contribution >= 0.6 is 0 Å². The number of pyridine rings is 1. The van der Waals surface area contributed by atoms with Crippen molar-refractivity contribution in [3.8, 4) is 0 Å². The fourth-order valence-electron chi connectivity index (χ4n) is 1.76. The Bertz CT molecular complexity index is 409. The summed E-state index contributed by atoms with van der Waals surface area (Å²) in [7, 11) is 1.62. The normalized spacial score (nSPS) is 10.4. The number of aromatic nitrogens is 1. The molecular weight excluding hydrogens is 232 g/mol. The maximum absolute atomic E-state index is 9.10. The second-order valence-corrected chi connectivity index (χ2v) is 3.94. The van der Waals surface area contributed by atoms with E-state index in [1.165, 1.54) is 0 Å². The molecule has 0 atom stereocenters. The van der Waals surface area contributed by atoms with Crippen LogP contribution in [-0.4, -0.2) is 49.3 Å². The van der Waals surface area contributed by atoms with Crippen LogP contribution in [0.1, 0.15) is 11.1 Å². The summed E-state index contributed by atoms with van der Waals surface area (Å²) in [6.07, 6.45) is 1.67. The van der Waals surface area contributed by atoms with Gasteiger partial charge in [0.15, 0.2) is 0 Å². The maximum atomic E-state index is 9.10. The van der Waals surface area contributed by atoms with Crippen LogP contribution in [0.5, 0.6) is 0 Å². The lowest BCUT2D eigenvalue weighted by molar-refractivity contribution is 0.202. The van der Waals surface area contributed by atoms with E-state index in [-0.39, 0.29) is 12.4 Å². The predicted molar refractivity (Wildman–Crippen MR) is 71.2 cm³/mol. The number of anilines is 1. The van der Waals surface area contributed by atoms with Crippen molar-refractivity contribution in [2.75, 3.05) is 38.3 Å². The number of aryl methyl sites for hydroxylation is 1. The van der Waals surface area contributed by atoms with Crippen molar-refractivity contribution in [1.82, 2.24) is 4.98 Å². The molecule has 18 heavy (non-hydrogen) atoms. The monoisotopic (exact) mass is 252 g/mol. The molecule has 0 spiro atoms. The molecular formula is C12H20N4O2. The highest BCUT2D eigenvalue weighted by atomic mass is 16.5. The zero-order valence-corrected chi connectivity index (χ0v) is 10.8. The number of amidine groups is 1. The largest absolute Gasteiger partial charge is 0.395 e. The van der Waals surface area contributed by atoms with Crippen LogP contribution in [0, 0.1) is 12.3 Å². The Labute approximate surface area is 107 Å². The Hall–Kier alpha value is -1.66. The lowest BCUT2D eigenvalue weighted by Crippen LogP contribution is -2.33. The maximum Gasteiger partial charge on any atom is 0.139 e. The first-order valence-corrected chi connectivity index (χ1v) is 5.76. The molecule has 6 heteroatoms. The van der Waals surface area contributed by atoms with E-state index in [0.717, 1.165) is 5.56 Å². The standard InChI is InChI=1S/C12H20N4O2/c1-9-3-4-15-12(10(9)11(13)14)16(5-7-17)6-8-18-2/h3-4,17H,5-8H2,1-2H3,(H3,13,14). The molecule has 6 nitrogen and oxygen atoms in total. The van der Waals surface area contributed by atoms with Gasteiger partial charge in [-0.05, 0) is 18.6 Å². The molecule has 0 aliphatic heterocycles. The summed E-state index contributed by atoms with van der Waals surface area (Å²) in [4.78, 5) is 6.14. The van der Waals surface area contributed by atoms with Crippen LogP contribution < -0.4 is 10.6 Å². The summed E-state index contributed by atoms with van der Waals surface area (Å²) in [6.45, 7) is 3.44. The van der Waals surface area contributed by atoms with E-state index >= 15 is 0 Å². The fraction of sp³-hybridized carbons (Fsp3) is 0.500. The summed E-state index contributed by atoms with van der Waals surface area (Å²) < 4.78 is 5.03. The van der Waals surface area contributed by atoms with Gasteiger partial charge in [-0.1, -0.05) is 0 Å². The number of aliphatic hydroxyl groups is 1. The van der Waals surface area contributed by atoms with Crippen molar-refractivity contribution in [1.29, 1.82) is 5.41 Å². The van der Waals surface area contributed by atoms with E-state index in [2.05, 4.69) is 4.98 Å². The summed E-state index contributed by atoms with van der Waals surface area (Å²) in [5, 5.41) is 16.7. The van der Waals surface area contributed by atoms with Gasteiger partial charge in [0.05, 0.1) is 18.8 Å². The molecule has 0 saturated heterocycles. The number of ether oxygens (including phenoxy) is 1. The zero-order valence-electron chi connectivity index (χ0n) is 10.8. The second kappa shape index (κ2) is 6.93. The third-order valence-electron chi connectivity index (χ3n) is 2.64. The van der Waals surface area contributed by atoms with E-state index < -0.39 is 0 Å². The molecule has 1 heterocycles. The van der Waals surface area contributed by atoms with E-state index in [9.17, 15) is 0 Å². The predicted octanol–water partition coefficient (Wildman–Crippen LogP) is 0.119. The third-order valence-corrected chi connectivity index (χ3v) is 2.64. The van der Waals surface area contributed by atoms with Crippen molar-refractivity contribution in [3.05, 3.63) is 23.4 Å². The number of rotatable bonds is 7. The molecule has 0 amide bonds. The van der Waals surface area contributed by atoms with Crippen molar-refractivity contribution in [3.63, 3.8) is 0 Å². The van der Waals surface area contributed by atoms with Crippen LogP contribution in [0.2, 0.25) is 0 Å². The first-order chi connectivity index (χ1) is 8.61. The minimum absolute atomic E-state index is 0.0106. The highest BCUT2D eigenvalue weighted by Gasteiger charge is 2.16. The molecule has 0 radical (unpaired) electrons. The fourth-order valence-corrected chi connectivity index (χ4v) is 1.76. The number of nitrogens with two attached hydrogens (primary N) is 1. The average Bonchev–Trinajstić information content (AvgIpc) is 2.33. The van der Waals surface area contributed by atoms with Crippen LogP contribution in [-0.2, 0) is 4.74 Å². The highest BCUT2D eigenvalue weighted by Crippen LogP contribution is 2.20. The lowest BCUT2D eigenvalue weighted by atomic mass is 10.1. The molecule has 0 fully saturated rings. The first kappa shape index (κ1) is 14.4. The SMILES string of the molecule is COCCN(CCO)c1nccc(C)c1C(=N)N. The van der Waals surface area contributed by atoms with E-state index in [1.807, 2.05) is 17.9 Å². The Morgan fingerprint density at radius 3 is 2.83 bits per heavy atom. The number of hydrogen-bond acceptors (Lipinski definition) is 5. The van der Waals surface area contributed by atoms with Gasteiger partial charge >= 0.3 is 0 Å². The molecule has 1 rings (SSSR count). The molecule has 0 saturated carbocycles. The van der Waals surface area contributed by atoms with Crippen molar-refractivity contribution in [2.24, 2.45) is 5.73 Å². The van der Waals surface area contributed by atoms with Crippen LogP contribution in [0.3, 0.4) is 0 Å². The quantitative estimate of drug-likeness (QED) is 0.473. The molecule has 0 unspecified atom stereocenters. The van der Waals surface area contributed by atoms with Gasteiger partial charge in [-0.3, -0.25) is 5.41 Å². The van der Waals surface area contributed by atoms with Crippen molar-refractivity contribution < 1.29 is 9.84 Å². The highest BCUT2D eigenvalue weighted by molar-refractivity contribution is 6.01. The number of nitrogen functional groups attached to an aromatic ring is 1. The average molecular weight is 252 g/mol. The molecule has 0 aromatic carbocycles. The third kappa shape index (κ3) is 3.41. The van der Waals surface area contributed by atoms with E-state index in [0.29, 0.717) is 31.1 Å². The van der Waals surface area contributed by atoms with Gasteiger partial charge < -0.3 is 20.5 Å². The second-order valence-electron chi connectivity index (χ2n) is 3.94. The zero-order chi connectivity index (χ0) is 13.5. The minimum atomic E-state index is -0.0176. The van der Waals surface area contributed by atoms with Gasteiger partial charge in [-0.15, -0.1) is 0 Å².